The zero-order valence-corrected chi connectivity index (χ0v) is 20.8. The Hall–Kier alpha value is -3.26. The third kappa shape index (κ3) is 6.55. The van der Waals surface area contributed by atoms with E-state index in [9.17, 15) is 21.6 Å². The van der Waals surface area contributed by atoms with Crippen LogP contribution in [0.5, 0.6) is 0 Å². The van der Waals surface area contributed by atoms with Gasteiger partial charge >= 0.3 is 15.5 Å². The fourth-order valence-corrected chi connectivity index (χ4v) is 5.14. The maximum Gasteiger partial charge on any atom is 0.511 e. The lowest BCUT2D eigenvalue weighted by molar-refractivity contribution is -0.0452. The van der Waals surface area contributed by atoms with Crippen molar-refractivity contribution in [3.8, 4) is 5.69 Å². The van der Waals surface area contributed by atoms with Crippen LogP contribution in [0.1, 0.15) is 31.2 Å². The van der Waals surface area contributed by atoms with E-state index in [1.165, 1.54) is 6.33 Å². The van der Waals surface area contributed by atoms with Crippen molar-refractivity contribution >= 4 is 21.7 Å². The lowest BCUT2D eigenvalue weighted by Gasteiger charge is -2.29. The molecule has 14 heteroatoms. The molecule has 1 aliphatic rings. The molecule has 0 atom stereocenters. The number of benzene rings is 1. The monoisotopic (exact) mass is 541 g/mol. The van der Waals surface area contributed by atoms with Crippen molar-refractivity contribution in [1.82, 2.24) is 24.5 Å². The standard InChI is InChI=1S/C23H27F4N7O2S/c1-33(14-17-4-2-5-19(12-17)34-11-3-10-31-34)22-20(24)21(29-15-30-22)28-13-16-6-8-18(9-7-16)32-37(35,36)23(25,26)27/h2-5,10-12,15-16,18,32H,6-9,13-14H2,1H3,(H,28,29,30). The molecule has 2 N–H and O–H groups in total. The van der Waals surface area contributed by atoms with Gasteiger partial charge in [0, 0.05) is 38.6 Å². The highest BCUT2D eigenvalue weighted by Gasteiger charge is 2.47. The van der Waals surface area contributed by atoms with Gasteiger partial charge in [0.15, 0.2) is 11.6 Å². The van der Waals surface area contributed by atoms with E-state index in [1.807, 2.05) is 36.5 Å². The molecule has 4 rings (SSSR count). The first kappa shape index (κ1) is 26.8. The van der Waals surface area contributed by atoms with Crippen molar-refractivity contribution in [2.24, 2.45) is 5.92 Å². The molecule has 0 unspecified atom stereocenters. The summed E-state index contributed by atoms with van der Waals surface area (Å²) >= 11 is 0. The fourth-order valence-electron chi connectivity index (χ4n) is 4.33. The molecule has 0 spiro atoms. The molecule has 0 radical (unpaired) electrons. The Morgan fingerprint density at radius 1 is 1.14 bits per heavy atom. The number of anilines is 2. The molecule has 1 saturated carbocycles. The summed E-state index contributed by atoms with van der Waals surface area (Å²) in [6.45, 7) is 0.738. The molecule has 3 aromatic rings. The maximum absolute atomic E-state index is 15.2. The van der Waals surface area contributed by atoms with Crippen LogP contribution in [0.15, 0.2) is 49.1 Å². The fraction of sp³-hybridized carbons (Fsp3) is 0.435. The van der Waals surface area contributed by atoms with Crippen LogP contribution < -0.4 is 14.9 Å². The molecule has 200 valence electrons. The van der Waals surface area contributed by atoms with Crippen LogP contribution in [-0.2, 0) is 16.6 Å². The van der Waals surface area contributed by atoms with Gasteiger partial charge in [-0.25, -0.2) is 27.8 Å². The number of hydrogen-bond donors (Lipinski definition) is 2. The van der Waals surface area contributed by atoms with E-state index in [0.29, 0.717) is 25.9 Å². The van der Waals surface area contributed by atoms with Gasteiger partial charge in [-0.15, -0.1) is 0 Å². The molecule has 0 saturated heterocycles. The van der Waals surface area contributed by atoms with Gasteiger partial charge in [-0.05, 0) is 55.4 Å². The number of nitrogens with zero attached hydrogens (tertiary/aromatic N) is 5. The molecule has 1 fully saturated rings. The third-order valence-corrected chi connectivity index (χ3v) is 7.52. The number of rotatable bonds is 9. The zero-order chi connectivity index (χ0) is 26.6. The van der Waals surface area contributed by atoms with Crippen molar-refractivity contribution in [1.29, 1.82) is 0 Å². The van der Waals surface area contributed by atoms with E-state index in [1.54, 1.807) is 27.5 Å². The van der Waals surface area contributed by atoms with E-state index in [2.05, 4.69) is 20.4 Å². The smallest absolute Gasteiger partial charge is 0.367 e. The highest BCUT2D eigenvalue weighted by atomic mass is 32.2. The summed E-state index contributed by atoms with van der Waals surface area (Å²) in [5.74, 6) is -0.429. The molecule has 0 bridgehead atoms. The Bertz CT molecular complexity index is 1290. The van der Waals surface area contributed by atoms with E-state index < -0.39 is 27.4 Å². The molecule has 37 heavy (non-hydrogen) atoms. The Morgan fingerprint density at radius 3 is 2.57 bits per heavy atom. The van der Waals surface area contributed by atoms with Crippen molar-refractivity contribution in [2.45, 2.75) is 43.8 Å². The van der Waals surface area contributed by atoms with Crippen LogP contribution in [0.25, 0.3) is 5.69 Å². The minimum atomic E-state index is -5.37. The first-order valence-electron chi connectivity index (χ1n) is 11.7. The largest absolute Gasteiger partial charge is 0.511 e. The first-order valence-corrected chi connectivity index (χ1v) is 13.1. The summed E-state index contributed by atoms with van der Waals surface area (Å²) in [5.41, 5.74) is -3.52. The van der Waals surface area contributed by atoms with E-state index in [0.717, 1.165) is 11.3 Å². The Labute approximate surface area is 212 Å². The summed E-state index contributed by atoms with van der Waals surface area (Å²) in [6.07, 6.45) is 6.29. The zero-order valence-electron chi connectivity index (χ0n) is 20.0. The second-order valence-corrected chi connectivity index (χ2v) is 10.7. The minimum Gasteiger partial charge on any atom is -0.367 e. The van der Waals surface area contributed by atoms with Gasteiger partial charge in [-0.3, -0.25) is 0 Å². The average molecular weight is 542 g/mol. The second-order valence-electron chi connectivity index (χ2n) is 9.00. The summed E-state index contributed by atoms with van der Waals surface area (Å²) < 4.78 is 79.0. The maximum atomic E-state index is 15.2. The van der Waals surface area contributed by atoms with Gasteiger partial charge in [0.05, 0.1) is 5.69 Å². The normalized spacial score (nSPS) is 18.5. The Kier molecular flexibility index (Phi) is 7.97. The third-order valence-electron chi connectivity index (χ3n) is 6.26. The van der Waals surface area contributed by atoms with Crippen LogP contribution in [0.4, 0.5) is 29.2 Å². The molecular formula is C23H27F4N7O2S. The minimum absolute atomic E-state index is 0.0297. The highest BCUT2D eigenvalue weighted by Crippen LogP contribution is 2.29. The van der Waals surface area contributed by atoms with Crippen molar-refractivity contribution in [2.75, 3.05) is 23.8 Å². The molecule has 2 aromatic heterocycles. The van der Waals surface area contributed by atoms with E-state index in [-0.39, 0.29) is 30.4 Å². The van der Waals surface area contributed by atoms with Gasteiger partial charge in [0.2, 0.25) is 5.82 Å². The van der Waals surface area contributed by atoms with Crippen molar-refractivity contribution < 1.29 is 26.0 Å². The molecule has 2 heterocycles. The molecule has 9 nitrogen and oxygen atoms in total. The number of hydrogen-bond acceptors (Lipinski definition) is 7. The van der Waals surface area contributed by atoms with Crippen molar-refractivity contribution in [3.63, 3.8) is 0 Å². The number of sulfonamides is 1. The summed E-state index contributed by atoms with van der Waals surface area (Å²) in [4.78, 5) is 9.76. The predicted octanol–water partition coefficient (Wildman–Crippen LogP) is 3.85. The van der Waals surface area contributed by atoms with Crippen molar-refractivity contribution in [3.05, 3.63) is 60.4 Å². The molecule has 1 aromatic carbocycles. The highest BCUT2D eigenvalue weighted by molar-refractivity contribution is 7.90. The summed E-state index contributed by atoms with van der Waals surface area (Å²) in [6, 6.07) is 8.74. The molecule has 1 aliphatic carbocycles. The topological polar surface area (TPSA) is 105 Å². The number of halogens is 4. The lowest BCUT2D eigenvalue weighted by Crippen LogP contribution is -2.44. The first-order chi connectivity index (χ1) is 17.5. The van der Waals surface area contributed by atoms with Gasteiger partial charge < -0.3 is 10.2 Å². The van der Waals surface area contributed by atoms with E-state index >= 15 is 4.39 Å². The SMILES string of the molecule is CN(Cc1cccc(-n2cccn2)c1)c1ncnc(NCC2CCC(NS(=O)(=O)C(F)(F)F)CC2)c1F. The van der Waals surface area contributed by atoms with Gasteiger partial charge in [-0.2, -0.15) is 22.7 Å². The molecule has 0 aliphatic heterocycles. The number of nitrogens with one attached hydrogen (secondary N) is 2. The predicted molar refractivity (Wildman–Crippen MR) is 130 cm³/mol. The van der Waals surface area contributed by atoms with Gasteiger partial charge in [0.25, 0.3) is 0 Å². The van der Waals surface area contributed by atoms with Crippen LogP contribution in [0.2, 0.25) is 0 Å². The number of alkyl halides is 3. The Morgan fingerprint density at radius 2 is 1.89 bits per heavy atom. The van der Waals surface area contributed by atoms with Crippen LogP contribution in [0.3, 0.4) is 0 Å². The summed E-state index contributed by atoms with van der Waals surface area (Å²) in [7, 11) is -3.65. The average Bonchev–Trinajstić information content (AvgIpc) is 3.39. The lowest BCUT2D eigenvalue weighted by atomic mass is 9.86. The van der Waals surface area contributed by atoms with E-state index in [4.69, 9.17) is 0 Å². The van der Waals surface area contributed by atoms with Crippen LogP contribution in [0, 0.1) is 11.7 Å². The van der Waals surface area contributed by atoms with Crippen LogP contribution in [-0.4, -0.2) is 53.3 Å². The Balaban J connectivity index is 1.33. The van der Waals surface area contributed by atoms with Gasteiger partial charge in [-0.1, -0.05) is 12.1 Å². The van der Waals surface area contributed by atoms with Gasteiger partial charge in [0.1, 0.15) is 6.33 Å². The summed E-state index contributed by atoms with van der Waals surface area (Å²) in [5, 5.41) is 7.19. The van der Waals surface area contributed by atoms with Crippen LogP contribution >= 0.6 is 0 Å². The second kappa shape index (κ2) is 11.0. The molecular weight excluding hydrogens is 514 g/mol. The number of aromatic nitrogens is 4. The molecule has 0 amide bonds. The quantitative estimate of drug-likeness (QED) is 0.397.